The molecule has 0 fully saturated rings. The lowest BCUT2D eigenvalue weighted by atomic mass is 10.1. The fourth-order valence-electron chi connectivity index (χ4n) is 1.64. The molecule has 0 radical (unpaired) electrons. The highest BCUT2D eigenvalue weighted by Gasteiger charge is 2.21. The zero-order valence-corrected chi connectivity index (χ0v) is 11.5. The molecule has 19 heavy (non-hydrogen) atoms. The van der Waals surface area contributed by atoms with Gasteiger partial charge in [-0.05, 0) is 32.9 Å². The lowest BCUT2D eigenvalue weighted by Crippen LogP contribution is -2.44. The summed E-state index contributed by atoms with van der Waals surface area (Å²) in [6.07, 6.45) is 0. The molecule has 0 unspecified atom stereocenters. The zero-order chi connectivity index (χ0) is 14.5. The van der Waals surface area contributed by atoms with Crippen LogP contribution in [0.2, 0.25) is 0 Å². The summed E-state index contributed by atoms with van der Waals surface area (Å²) in [4.78, 5) is 13.4. The van der Waals surface area contributed by atoms with E-state index < -0.39 is 11.4 Å². The van der Waals surface area contributed by atoms with Crippen LogP contribution in [0.15, 0.2) is 24.3 Å². The second-order valence-electron chi connectivity index (χ2n) is 4.97. The van der Waals surface area contributed by atoms with Gasteiger partial charge in [-0.3, -0.25) is 4.79 Å². The second kappa shape index (κ2) is 6.52. The summed E-state index contributed by atoms with van der Waals surface area (Å²) in [5, 5.41) is 9.71. The van der Waals surface area contributed by atoms with Crippen molar-refractivity contribution in [2.75, 3.05) is 19.7 Å². The molecule has 0 saturated carbocycles. The van der Waals surface area contributed by atoms with Crippen LogP contribution in [0, 0.1) is 5.82 Å². The van der Waals surface area contributed by atoms with Crippen molar-refractivity contribution in [2.45, 2.75) is 26.4 Å². The minimum Gasteiger partial charge on any atom is -0.484 e. The second-order valence-corrected chi connectivity index (χ2v) is 4.97. The van der Waals surface area contributed by atoms with Gasteiger partial charge in [0.05, 0.1) is 5.60 Å². The number of benzene rings is 1. The van der Waals surface area contributed by atoms with Gasteiger partial charge in [0.25, 0.3) is 5.91 Å². The van der Waals surface area contributed by atoms with Crippen molar-refractivity contribution in [2.24, 2.45) is 0 Å². The maximum Gasteiger partial charge on any atom is 0.260 e. The minimum absolute atomic E-state index is 0.173. The van der Waals surface area contributed by atoms with Gasteiger partial charge in [0.1, 0.15) is 11.6 Å². The fourth-order valence-corrected chi connectivity index (χ4v) is 1.64. The molecule has 0 atom stereocenters. The Bertz CT molecular complexity index is 429. The van der Waals surface area contributed by atoms with Crippen LogP contribution in [0.25, 0.3) is 0 Å². The first kappa shape index (κ1) is 15.4. The van der Waals surface area contributed by atoms with E-state index in [0.717, 1.165) is 0 Å². The molecule has 0 aromatic heterocycles. The van der Waals surface area contributed by atoms with Crippen molar-refractivity contribution in [3.05, 3.63) is 30.1 Å². The maximum absolute atomic E-state index is 12.9. The third-order valence-electron chi connectivity index (χ3n) is 2.47. The average molecular weight is 269 g/mol. The third kappa shape index (κ3) is 5.70. The van der Waals surface area contributed by atoms with E-state index in [4.69, 9.17) is 4.74 Å². The Labute approximate surface area is 112 Å². The van der Waals surface area contributed by atoms with Gasteiger partial charge in [0, 0.05) is 19.2 Å². The smallest absolute Gasteiger partial charge is 0.260 e. The SMILES string of the molecule is CCN(CC(C)(C)O)C(=O)COc1cccc(F)c1. The van der Waals surface area contributed by atoms with E-state index in [1.165, 1.54) is 23.1 Å². The number of hydrogen-bond acceptors (Lipinski definition) is 3. The van der Waals surface area contributed by atoms with Gasteiger partial charge in [-0.15, -0.1) is 0 Å². The molecule has 1 amide bonds. The number of halogens is 1. The van der Waals surface area contributed by atoms with E-state index in [2.05, 4.69) is 0 Å². The predicted molar refractivity (Wildman–Crippen MR) is 70.4 cm³/mol. The summed E-state index contributed by atoms with van der Waals surface area (Å²) >= 11 is 0. The Kier molecular flexibility index (Phi) is 5.30. The van der Waals surface area contributed by atoms with Gasteiger partial charge >= 0.3 is 0 Å². The van der Waals surface area contributed by atoms with Gasteiger partial charge in [0.15, 0.2) is 6.61 Å². The van der Waals surface area contributed by atoms with Gasteiger partial charge in [-0.1, -0.05) is 6.07 Å². The lowest BCUT2D eigenvalue weighted by Gasteiger charge is -2.28. The Morgan fingerprint density at radius 3 is 2.68 bits per heavy atom. The topological polar surface area (TPSA) is 49.8 Å². The highest BCUT2D eigenvalue weighted by molar-refractivity contribution is 5.77. The molecule has 0 aliphatic carbocycles. The standard InChI is InChI=1S/C14H20FNO3/c1-4-16(10-14(2,3)18)13(17)9-19-12-7-5-6-11(15)8-12/h5-8,18H,4,9-10H2,1-3H3. The molecular weight excluding hydrogens is 249 g/mol. The van der Waals surface area contributed by atoms with Crippen molar-refractivity contribution >= 4 is 5.91 Å². The fraction of sp³-hybridized carbons (Fsp3) is 0.500. The van der Waals surface area contributed by atoms with Crippen LogP contribution in [-0.2, 0) is 4.79 Å². The highest BCUT2D eigenvalue weighted by atomic mass is 19.1. The van der Waals surface area contributed by atoms with E-state index in [9.17, 15) is 14.3 Å². The number of hydrogen-bond donors (Lipinski definition) is 1. The van der Waals surface area contributed by atoms with Crippen LogP contribution in [0.5, 0.6) is 5.75 Å². The Hall–Kier alpha value is -1.62. The van der Waals surface area contributed by atoms with E-state index in [1.807, 2.05) is 6.92 Å². The van der Waals surface area contributed by atoms with Crippen molar-refractivity contribution in [1.29, 1.82) is 0 Å². The summed E-state index contributed by atoms with van der Waals surface area (Å²) in [7, 11) is 0. The largest absolute Gasteiger partial charge is 0.484 e. The van der Waals surface area contributed by atoms with Crippen molar-refractivity contribution in [3.63, 3.8) is 0 Å². The van der Waals surface area contributed by atoms with Crippen LogP contribution in [0.1, 0.15) is 20.8 Å². The molecule has 0 spiro atoms. The molecule has 4 nitrogen and oxygen atoms in total. The Balaban J connectivity index is 2.54. The van der Waals surface area contributed by atoms with E-state index >= 15 is 0 Å². The third-order valence-corrected chi connectivity index (χ3v) is 2.47. The highest BCUT2D eigenvalue weighted by Crippen LogP contribution is 2.12. The molecule has 5 heteroatoms. The number of carbonyl (C=O) groups is 1. The van der Waals surface area contributed by atoms with Gasteiger partial charge < -0.3 is 14.7 Å². The van der Waals surface area contributed by atoms with Gasteiger partial charge in [-0.25, -0.2) is 4.39 Å². The summed E-state index contributed by atoms with van der Waals surface area (Å²) < 4.78 is 18.2. The van der Waals surface area contributed by atoms with Crippen LogP contribution in [0.3, 0.4) is 0 Å². The molecule has 0 aliphatic rings. The Morgan fingerprint density at radius 2 is 2.16 bits per heavy atom. The van der Waals surface area contributed by atoms with Gasteiger partial charge in [0.2, 0.25) is 0 Å². The molecule has 1 aromatic carbocycles. The molecule has 0 saturated heterocycles. The van der Waals surface area contributed by atoms with Crippen LogP contribution in [0.4, 0.5) is 4.39 Å². The molecule has 1 rings (SSSR count). The average Bonchev–Trinajstić information content (AvgIpc) is 2.32. The molecule has 106 valence electrons. The molecular formula is C14H20FNO3. The zero-order valence-electron chi connectivity index (χ0n) is 11.5. The molecule has 0 heterocycles. The minimum atomic E-state index is -0.954. The van der Waals surface area contributed by atoms with Crippen molar-refractivity contribution in [1.82, 2.24) is 4.90 Å². The maximum atomic E-state index is 12.9. The Morgan fingerprint density at radius 1 is 1.47 bits per heavy atom. The quantitative estimate of drug-likeness (QED) is 0.857. The number of nitrogens with zero attached hydrogens (tertiary/aromatic N) is 1. The lowest BCUT2D eigenvalue weighted by molar-refractivity contribution is -0.136. The van der Waals surface area contributed by atoms with Crippen molar-refractivity contribution < 1.29 is 19.0 Å². The summed E-state index contributed by atoms with van der Waals surface area (Å²) in [5.41, 5.74) is -0.954. The molecule has 1 N–H and O–H groups in total. The monoisotopic (exact) mass is 269 g/mol. The number of carbonyl (C=O) groups excluding carboxylic acids is 1. The molecule has 0 aliphatic heterocycles. The summed E-state index contributed by atoms with van der Waals surface area (Å²) in [6.45, 7) is 5.64. The number of likely N-dealkylation sites (N-methyl/N-ethyl adjacent to an activating group) is 1. The first-order valence-electron chi connectivity index (χ1n) is 6.20. The first-order valence-corrected chi connectivity index (χ1v) is 6.20. The number of aliphatic hydroxyl groups is 1. The van der Waals surface area contributed by atoms with E-state index in [-0.39, 0.29) is 19.1 Å². The molecule has 1 aromatic rings. The van der Waals surface area contributed by atoms with E-state index in [1.54, 1.807) is 19.9 Å². The number of ether oxygens (including phenoxy) is 1. The predicted octanol–water partition coefficient (Wildman–Crippen LogP) is 1.82. The van der Waals surface area contributed by atoms with Gasteiger partial charge in [-0.2, -0.15) is 0 Å². The summed E-state index contributed by atoms with van der Waals surface area (Å²) in [6, 6.07) is 5.63. The van der Waals surface area contributed by atoms with Crippen LogP contribution in [-0.4, -0.2) is 41.2 Å². The number of rotatable bonds is 6. The van der Waals surface area contributed by atoms with Crippen LogP contribution < -0.4 is 4.74 Å². The summed E-state index contributed by atoms with van der Waals surface area (Å²) in [5.74, 6) is -0.338. The molecule has 0 bridgehead atoms. The normalized spacial score (nSPS) is 11.2. The first-order chi connectivity index (χ1) is 8.81. The number of amides is 1. The van der Waals surface area contributed by atoms with Crippen molar-refractivity contribution in [3.8, 4) is 5.75 Å². The van der Waals surface area contributed by atoms with Crippen LogP contribution >= 0.6 is 0 Å². The van der Waals surface area contributed by atoms with E-state index in [0.29, 0.717) is 12.3 Å².